The van der Waals surface area contributed by atoms with Gasteiger partial charge in [-0.1, -0.05) is 22.0 Å². The fourth-order valence-electron chi connectivity index (χ4n) is 4.54. The van der Waals surface area contributed by atoms with E-state index in [1.54, 1.807) is 4.90 Å². The summed E-state index contributed by atoms with van der Waals surface area (Å²) in [7, 11) is 0. The molecule has 4 rings (SSSR count). The van der Waals surface area contributed by atoms with Gasteiger partial charge in [-0.2, -0.15) is 0 Å². The second kappa shape index (κ2) is 7.43. The Kier molecular flexibility index (Phi) is 4.84. The van der Waals surface area contributed by atoms with Crippen LogP contribution >= 0.6 is 31.9 Å². The first-order chi connectivity index (χ1) is 12.9. The van der Waals surface area contributed by atoms with E-state index in [0.717, 1.165) is 30.2 Å². The average Bonchev–Trinajstić information content (AvgIpc) is 2.78. The summed E-state index contributed by atoms with van der Waals surface area (Å²) in [5, 5.41) is 0. The van der Waals surface area contributed by atoms with Gasteiger partial charge >= 0.3 is 0 Å². The normalized spacial score (nSPS) is 20.8. The van der Waals surface area contributed by atoms with Crippen molar-refractivity contribution < 1.29 is 6.17 Å². The number of piperidine rings is 1. The van der Waals surface area contributed by atoms with Crippen LogP contribution in [0.25, 0.3) is 0 Å². The highest BCUT2D eigenvalue weighted by molar-refractivity contribution is 9.10. The van der Waals surface area contributed by atoms with Gasteiger partial charge in [0.25, 0.3) is 0 Å². The number of hydrogen-bond acceptors (Lipinski definition) is 2. The number of hydrogen-bond donors (Lipinski definition) is 0. The highest BCUT2D eigenvalue weighted by Gasteiger charge is 2.35. The molecule has 0 radical (unpaired) electrons. The highest BCUT2D eigenvalue weighted by atomic mass is 79.9. The maximum absolute atomic E-state index is 11.4. The Hall–Kier alpha value is -1.20. The largest absolute Gasteiger partial charge is 0.345 e. The van der Waals surface area contributed by atoms with Gasteiger partial charge in [0, 0.05) is 34.1 Å². The maximum atomic E-state index is 11.4. The van der Waals surface area contributed by atoms with Crippen LogP contribution in [0.3, 0.4) is 0 Å². The number of halogens is 2. The summed E-state index contributed by atoms with van der Waals surface area (Å²) in [6.45, 7) is 3.47. The summed E-state index contributed by atoms with van der Waals surface area (Å²) in [4.78, 5) is 17.9. The number of fused-ring (bicyclic) bond motifs is 2. The number of likely N-dealkylation sites (tertiary alicyclic amines) is 1. The van der Waals surface area contributed by atoms with Crippen molar-refractivity contribution in [3.8, 4) is 0 Å². The van der Waals surface area contributed by atoms with Crippen LogP contribution in [-0.2, 0) is 17.6 Å². The van der Waals surface area contributed by atoms with E-state index in [1.807, 2.05) is 6.20 Å². The molecule has 1 aromatic carbocycles. The van der Waals surface area contributed by atoms with Crippen LogP contribution in [0.1, 0.15) is 48.1 Å². The van der Waals surface area contributed by atoms with Crippen molar-refractivity contribution in [3.05, 3.63) is 61.3 Å². The SMILES string of the molecule is [3H]C(=O)N1CCC(C2c3ncc(Br)cc3CCc3cc(C)cc(Br)c32)CC1. The Balaban J connectivity index is 1.80. The first kappa shape index (κ1) is 16.9. The lowest BCUT2D eigenvalue weighted by molar-refractivity contribution is -0.119. The average molecular weight is 480 g/mol. The molecule has 0 bridgehead atoms. The van der Waals surface area contributed by atoms with E-state index in [1.165, 1.54) is 32.4 Å². The van der Waals surface area contributed by atoms with Crippen LogP contribution in [0.2, 0.25) is 0 Å². The molecule has 1 saturated heterocycles. The number of benzene rings is 1. The van der Waals surface area contributed by atoms with Crippen LogP contribution in [-0.4, -0.2) is 29.4 Å². The Labute approximate surface area is 172 Å². The van der Waals surface area contributed by atoms with Gasteiger partial charge in [-0.3, -0.25) is 9.78 Å². The third kappa shape index (κ3) is 3.36. The van der Waals surface area contributed by atoms with Gasteiger partial charge in [-0.25, -0.2) is 0 Å². The third-order valence-corrected chi connectivity index (χ3v) is 6.83. The van der Waals surface area contributed by atoms with Gasteiger partial charge in [-0.05, 0) is 88.8 Å². The number of rotatable bonds is 1. The number of carbonyl (C=O) groups is 1. The van der Waals surface area contributed by atoms with E-state index in [-0.39, 0.29) is 5.92 Å². The lowest BCUT2D eigenvalue weighted by Gasteiger charge is -2.35. The molecule has 1 aromatic heterocycles. The molecule has 1 fully saturated rings. The van der Waals surface area contributed by atoms with Gasteiger partial charge in [0.15, 0.2) is 0 Å². The molecule has 0 N–H and O–H groups in total. The molecule has 2 aliphatic rings. The molecule has 2 heterocycles. The van der Waals surface area contributed by atoms with E-state index in [2.05, 4.69) is 57.0 Å². The summed E-state index contributed by atoms with van der Waals surface area (Å²) >= 11 is 7.42. The number of pyridine rings is 1. The molecule has 1 aliphatic heterocycles. The molecule has 26 heavy (non-hydrogen) atoms. The lowest BCUT2D eigenvalue weighted by Crippen LogP contribution is -2.35. The number of carbonyl (C=O) groups excluding carboxylic acids is 1. The van der Waals surface area contributed by atoms with Crippen molar-refractivity contribution in [3.63, 3.8) is 0 Å². The zero-order valence-corrected chi connectivity index (χ0v) is 17.9. The van der Waals surface area contributed by atoms with Crippen LogP contribution in [0, 0.1) is 12.8 Å². The molecule has 1 unspecified atom stereocenters. The molecule has 1 aliphatic carbocycles. The van der Waals surface area contributed by atoms with Gasteiger partial charge in [-0.15, -0.1) is 0 Å². The third-order valence-electron chi connectivity index (χ3n) is 5.74. The smallest absolute Gasteiger partial charge is 0.209 e. The second-order valence-electron chi connectivity index (χ2n) is 7.41. The van der Waals surface area contributed by atoms with Crippen LogP contribution in [0.4, 0.5) is 0 Å². The summed E-state index contributed by atoms with van der Waals surface area (Å²) < 4.78 is 9.58. The Morgan fingerprint density at radius 1 is 1.19 bits per heavy atom. The number of amides is 1. The number of nitrogens with zero attached hydrogens (tertiary/aromatic N) is 2. The first-order valence-electron chi connectivity index (χ1n) is 9.62. The van der Waals surface area contributed by atoms with E-state index in [9.17, 15) is 4.79 Å². The molecule has 0 spiro atoms. The van der Waals surface area contributed by atoms with Crippen LogP contribution in [0.15, 0.2) is 33.3 Å². The molecule has 1 atom stereocenters. The molecular formula is C21H22Br2N2O. The summed E-state index contributed by atoms with van der Waals surface area (Å²) in [5.41, 5.74) is 6.53. The predicted octanol–water partition coefficient (Wildman–Crippen LogP) is 5.01. The van der Waals surface area contributed by atoms with E-state index >= 15 is 0 Å². The van der Waals surface area contributed by atoms with Crippen LogP contribution < -0.4 is 0 Å². The quantitative estimate of drug-likeness (QED) is 0.538. The van der Waals surface area contributed by atoms with E-state index < -0.39 is 6.39 Å². The fraction of sp³-hybridized carbons (Fsp3) is 0.429. The Bertz CT molecular complexity index is 894. The minimum Gasteiger partial charge on any atom is -0.345 e. The molecule has 3 nitrogen and oxygen atoms in total. The van der Waals surface area contributed by atoms with Gasteiger partial charge in [0.05, 0.1) is 5.69 Å². The zero-order valence-electron chi connectivity index (χ0n) is 15.8. The Morgan fingerprint density at radius 3 is 2.65 bits per heavy atom. The minimum absolute atomic E-state index is 0.226. The fourth-order valence-corrected chi connectivity index (χ4v) is 5.78. The Morgan fingerprint density at radius 2 is 1.92 bits per heavy atom. The lowest BCUT2D eigenvalue weighted by atomic mass is 9.76. The van der Waals surface area contributed by atoms with Crippen molar-refractivity contribution in [2.24, 2.45) is 5.92 Å². The van der Waals surface area contributed by atoms with Crippen molar-refractivity contribution in [1.29, 1.82) is 0 Å². The number of aryl methyl sites for hydroxylation is 3. The minimum atomic E-state index is -0.561. The first-order valence-corrected chi connectivity index (χ1v) is 10.7. The standard InChI is InChI=1S/C21H22Br2N2O/c1-13-8-15-2-3-16-10-17(22)11-24-21(16)20(19(15)18(23)9-13)14-4-6-25(12-26)7-5-14/h8-12,14,20H,2-7H2,1H3/i12T. The maximum Gasteiger partial charge on any atom is 0.209 e. The zero-order chi connectivity index (χ0) is 19.1. The van der Waals surface area contributed by atoms with Crippen molar-refractivity contribution in [2.75, 3.05) is 13.1 Å². The van der Waals surface area contributed by atoms with Gasteiger partial charge in [0.2, 0.25) is 6.39 Å². The predicted molar refractivity (Wildman–Crippen MR) is 110 cm³/mol. The van der Waals surface area contributed by atoms with E-state index in [4.69, 9.17) is 6.35 Å². The topological polar surface area (TPSA) is 33.2 Å². The monoisotopic (exact) mass is 478 g/mol. The second-order valence-corrected chi connectivity index (χ2v) is 9.18. The van der Waals surface area contributed by atoms with Crippen LogP contribution in [0.5, 0.6) is 0 Å². The van der Waals surface area contributed by atoms with Gasteiger partial charge < -0.3 is 4.90 Å². The molecule has 5 heteroatoms. The van der Waals surface area contributed by atoms with Crippen molar-refractivity contribution in [1.82, 2.24) is 9.88 Å². The molecule has 0 saturated carbocycles. The highest BCUT2D eigenvalue weighted by Crippen LogP contribution is 2.45. The number of aromatic nitrogens is 1. The molecule has 136 valence electrons. The summed E-state index contributed by atoms with van der Waals surface area (Å²) in [5.74, 6) is 0.646. The molecule has 2 aromatic rings. The summed E-state index contributed by atoms with van der Waals surface area (Å²) in [6, 6.07) is 6.74. The van der Waals surface area contributed by atoms with Crippen molar-refractivity contribution in [2.45, 2.75) is 38.5 Å². The van der Waals surface area contributed by atoms with Gasteiger partial charge in [0.1, 0.15) is 1.37 Å². The molecule has 1 amide bonds. The summed E-state index contributed by atoms with van der Waals surface area (Å²) in [6.07, 6.45) is 5.17. The van der Waals surface area contributed by atoms with Crippen molar-refractivity contribution >= 4 is 38.2 Å². The van der Waals surface area contributed by atoms with E-state index in [0.29, 0.717) is 19.0 Å². The molecular weight excluding hydrogens is 456 g/mol.